The Bertz CT molecular complexity index is 737. The van der Waals surface area contributed by atoms with Crippen LogP contribution in [-0.2, 0) is 13.1 Å². The van der Waals surface area contributed by atoms with Crippen molar-refractivity contribution in [2.24, 2.45) is 0 Å². The van der Waals surface area contributed by atoms with Gasteiger partial charge in [0.05, 0.1) is 5.56 Å². The Morgan fingerprint density at radius 3 is 2.48 bits per heavy atom. The van der Waals surface area contributed by atoms with E-state index in [9.17, 15) is 9.59 Å². The molecule has 2 aromatic rings. The van der Waals surface area contributed by atoms with Crippen LogP contribution in [0.15, 0.2) is 42.5 Å². The Hall–Kier alpha value is -2.62. The number of carbonyl (C=O) groups excluding carboxylic acids is 1. The maximum atomic E-state index is 12.5. The van der Waals surface area contributed by atoms with Gasteiger partial charge in [-0.3, -0.25) is 4.79 Å². The lowest BCUT2D eigenvalue weighted by molar-refractivity contribution is 0.0696. The molecular weight excluding hydrogens is 266 g/mol. The Morgan fingerprint density at radius 2 is 1.76 bits per heavy atom. The van der Waals surface area contributed by atoms with Crippen molar-refractivity contribution in [3.05, 3.63) is 70.3 Å². The molecule has 2 aromatic carbocycles. The highest BCUT2D eigenvalue weighted by Gasteiger charge is 2.25. The van der Waals surface area contributed by atoms with Crippen LogP contribution in [0.5, 0.6) is 0 Å². The summed E-state index contributed by atoms with van der Waals surface area (Å²) in [5.74, 6) is -0.965. The van der Waals surface area contributed by atoms with Crippen LogP contribution in [0, 0.1) is 6.92 Å². The van der Waals surface area contributed by atoms with Gasteiger partial charge in [0.1, 0.15) is 0 Å². The molecule has 3 rings (SSSR count). The van der Waals surface area contributed by atoms with Crippen molar-refractivity contribution < 1.29 is 14.7 Å². The predicted octanol–water partition coefficient (Wildman–Crippen LogP) is 2.85. The molecular formula is C17H15NO3. The van der Waals surface area contributed by atoms with Gasteiger partial charge in [-0.05, 0) is 42.3 Å². The van der Waals surface area contributed by atoms with Gasteiger partial charge >= 0.3 is 5.97 Å². The van der Waals surface area contributed by atoms with Gasteiger partial charge in [-0.25, -0.2) is 4.79 Å². The van der Waals surface area contributed by atoms with Crippen molar-refractivity contribution in [2.75, 3.05) is 0 Å². The molecule has 0 saturated carbocycles. The van der Waals surface area contributed by atoms with Crippen LogP contribution < -0.4 is 0 Å². The zero-order valence-corrected chi connectivity index (χ0v) is 11.7. The van der Waals surface area contributed by atoms with E-state index < -0.39 is 5.97 Å². The molecule has 1 heterocycles. The number of amides is 1. The SMILES string of the molecule is Cc1cccc(C(=O)N2Cc3ccc(C(=O)O)cc3C2)c1. The van der Waals surface area contributed by atoms with E-state index in [1.54, 1.807) is 29.2 Å². The Kier molecular flexibility index (Phi) is 3.22. The van der Waals surface area contributed by atoms with Gasteiger partial charge in [0, 0.05) is 18.7 Å². The van der Waals surface area contributed by atoms with E-state index in [0.717, 1.165) is 16.7 Å². The topological polar surface area (TPSA) is 57.6 Å². The zero-order chi connectivity index (χ0) is 15.0. The number of rotatable bonds is 2. The Balaban J connectivity index is 1.84. The molecule has 0 atom stereocenters. The van der Waals surface area contributed by atoms with Crippen LogP contribution in [0.2, 0.25) is 0 Å². The number of hydrogen-bond acceptors (Lipinski definition) is 2. The van der Waals surface area contributed by atoms with Crippen molar-refractivity contribution >= 4 is 11.9 Å². The summed E-state index contributed by atoms with van der Waals surface area (Å²) >= 11 is 0. The lowest BCUT2D eigenvalue weighted by atomic mass is 10.1. The smallest absolute Gasteiger partial charge is 0.335 e. The Labute approximate surface area is 122 Å². The van der Waals surface area contributed by atoms with E-state index >= 15 is 0 Å². The van der Waals surface area contributed by atoms with Gasteiger partial charge in [0.25, 0.3) is 5.91 Å². The fraction of sp³-hybridized carbons (Fsp3) is 0.176. The minimum Gasteiger partial charge on any atom is -0.478 e. The molecule has 0 saturated heterocycles. The van der Waals surface area contributed by atoms with Crippen LogP contribution in [0.4, 0.5) is 0 Å². The van der Waals surface area contributed by atoms with Gasteiger partial charge in [0.2, 0.25) is 0 Å². The van der Waals surface area contributed by atoms with Crippen molar-refractivity contribution in [2.45, 2.75) is 20.0 Å². The van der Waals surface area contributed by atoms with E-state index in [1.807, 2.05) is 25.1 Å². The molecule has 0 unspecified atom stereocenters. The van der Waals surface area contributed by atoms with Crippen molar-refractivity contribution in [1.29, 1.82) is 0 Å². The van der Waals surface area contributed by atoms with Crippen LogP contribution >= 0.6 is 0 Å². The molecule has 0 bridgehead atoms. The molecule has 4 nitrogen and oxygen atoms in total. The summed E-state index contributed by atoms with van der Waals surface area (Å²) in [6, 6.07) is 12.5. The first-order valence-electron chi connectivity index (χ1n) is 6.75. The fourth-order valence-electron chi connectivity index (χ4n) is 2.63. The second-order valence-corrected chi connectivity index (χ2v) is 5.32. The number of fused-ring (bicyclic) bond motifs is 1. The summed E-state index contributed by atoms with van der Waals surface area (Å²) < 4.78 is 0. The average Bonchev–Trinajstić information content (AvgIpc) is 2.89. The summed E-state index contributed by atoms with van der Waals surface area (Å²) in [7, 11) is 0. The molecule has 0 fully saturated rings. The number of carbonyl (C=O) groups is 2. The van der Waals surface area contributed by atoms with E-state index in [0.29, 0.717) is 18.7 Å². The van der Waals surface area contributed by atoms with Crippen LogP contribution in [-0.4, -0.2) is 21.9 Å². The average molecular weight is 281 g/mol. The highest BCUT2D eigenvalue weighted by atomic mass is 16.4. The maximum Gasteiger partial charge on any atom is 0.335 e. The largest absolute Gasteiger partial charge is 0.478 e. The van der Waals surface area contributed by atoms with Gasteiger partial charge < -0.3 is 10.0 Å². The van der Waals surface area contributed by atoms with Crippen molar-refractivity contribution in [3.8, 4) is 0 Å². The molecule has 1 amide bonds. The number of benzene rings is 2. The van der Waals surface area contributed by atoms with Gasteiger partial charge in [-0.2, -0.15) is 0 Å². The van der Waals surface area contributed by atoms with Gasteiger partial charge in [-0.15, -0.1) is 0 Å². The number of carboxylic acids is 1. The molecule has 106 valence electrons. The monoisotopic (exact) mass is 281 g/mol. The number of aryl methyl sites for hydroxylation is 1. The first kappa shape index (κ1) is 13.4. The lowest BCUT2D eigenvalue weighted by Gasteiger charge is -2.15. The molecule has 0 aromatic heterocycles. The third-order valence-corrected chi connectivity index (χ3v) is 3.73. The molecule has 1 N–H and O–H groups in total. The molecule has 0 aliphatic carbocycles. The fourth-order valence-corrected chi connectivity index (χ4v) is 2.63. The normalized spacial score (nSPS) is 13.1. The van der Waals surface area contributed by atoms with Crippen LogP contribution in [0.1, 0.15) is 37.4 Å². The maximum absolute atomic E-state index is 12.5. The zero-order valence-electron chi connectivity index (χ0n) is 11.7. The van der Waals surface area contributed by atoms with Crippen molar-refractivity contribution in [1.82, 2.24) is 4.90 Å². The first-order valence-corrected chi connectivity index (χ1v) is 6.75. The summed E-state index contributed by atoms with van der Waals surface area (Å²) in [5, 5.41) is 9.02. The summed E-state index contributed by atoms with van der Waals surface area (Å²) in [6.45, 7) is 2.94. The van der Waals surface area contributed by atoms with Crippen LogP contribution in [0.25, 0.3) is 0 Å². The molecule has 1 aliphatic rings. The number of hydrogen-bond donors (Lipinski definition) is 1. The first-order chi connectivity index (χ1) is 10.0. The van der Waals surface area contributed by atoms with Crippen LogP contribution in [0.3, 0.4) is 0 Å². The van der Waals surface area contributed by atoms with Gasteiger partial charge in [-0.1, -0.05) is 23.8 Å². The minimum atomic E-state index is -0.943. The molecule has 21 heavy (non-hydrogen) atoms. The minimum absolute atomic E-state index is 0.0215. The summed E-state index contributed by atoms with van der Waals surface area (Å²) in [5.41, 5.74) is 3.91. The molecule has 1 aliphatic heterocycles. The highest BCUT2D eigenvalue weighted by molar-refractivity contribution is 5.95. The lowest BCUT2D eigenvalue weighted by Crippen LogP contribution is -2.25. The standard InChI is InChI=1S/C17H15NO3/c1-11-3-2-4-12(7-11)16(19)18-9-14-6-5-13(17(20)21)8-15(14)10-18/h2-8H,9-10H2,1H3,(H,20,21). The molecule has 0 spiro atoms. The van der Waals surface area contributed by atoms with E-state index in [4.69, 9.17) is 5.11 Å². The highest BCUT2D eigenvalue weighted by Crippen LogP contribution is 2.25. The second-order valence-electron chi connectivity index (χ2n) is 5.32. The van der Waals surface area contributed by atoms with E-state index in [1.165, 1.54) is 0 Å². The number of aromatic carboxylic acids is 1. The summed E-state index contributed by atoms with van der Waals surface area (Å²) in [6.07, 6.45) is 0. The molecule has 4 heteroatoms. The quantitative estimate of drug-likeness (QED) is 0.920. The predicted molar refractivity (Wildman–Crippen MR) is 78.2 cm³/mol. The second kappa shape index (κ2) is 5.05. The van der Waals surface area contributed by atoms with E-state index in [2.05, 4.69) is 0 Å². The molecule has 0 radical (unpaired) electrons. The third kappa shape index (κ3) is 2.52. The van der Waals surface area contributed by atoms with Crippen molar-refractivity contribution in [3.63, 3.8) is 0 Å². The Morgan fingerprint density at radius 1 is 1.00 bits per heavy atom. The third-order valence-electron chi connectivity index (χ3n) is 3.73. The van der Waals surface area contributed by atoms with E-state index in [-0.39, 0.29) is 11.5 Å². The number of nitrogens with zero attached hydrogens (tertiary/aromatic N) is 1. The van der Waals surface area contributed by atoms with Gasteiger partial charge in [0.15, 0.2) is 0 Å². The number of carboxylic acid groups (broad SMARTS) is 1. The summed E-state index contributed by atoms with van der Waals surface area (Å²) in [4.78, 5) is 25.2.